The number of esters is 1. The SMILES string of the molecule is COC(=O)CCS(=O)(=O)Nc1ccc(Cl)cc1N. The minimum atomic E-state index is -3.65. The molecule has 0 bridgehead atoms. The van der Waals surface area contributed by atoms with Gasteiger partial charge in [0.1, 0.15) is 0 Å². The van der Waals surface area contributed by atoms with Gasteiger partial charge in [0.15, 0.2) is 0 Å². The average Bonchev–Trinajstić information content (AvgIpc) is 2.30. The maximum absolute atomic E-state index is 11.7. The zero-order valence-electron chi connectivity index (χ0n) is 9.64. The van der Waals surface area contributed by atoms with E-state index in [0.29, 0.717) is 5.02 Å². The van der Waals surface area contributed by atoms with Gasteiger partial charge in [0.05, 0.1) is 30.7 Å². The molecule has 0 atom stereocenters. The molecule has 0 amide bonds. The van der Waals surface area contributed by atoms with Gasteiger partial charge in [-0.1, -0.05) is 11.6 Å². The van der Waals surface area contributed by atoms with Crippen LogP contribution in [0.1, 0.15) is 6.42 Å². The Morgan fingerprint density at radius 2 is 2.17 bits per heavy atom. The Balaban J connectivity index is 2.73. The number of carbonyl (C=O) groups is 1. The zero-order valence-corrected chi connectivity index (χ0v) is 11.2. The molecule has 0 aliphatic rings. The third kappa shape index (κ3) is 4.42. The smallest absolute Gasteiger partial charge is 0.306 e. The Bertz CT molecular complexity index is 545. The Morgan fingerprint density at radius 1 is 1.50 bits per heavy atom. The van der Waals surface area contributed by atoms with E-state index in [1.165, 1.54) is 25.3 Å². The molecule has 1 rings (SSSR count). The van der Waals surface area contributed by atoms with Crippen LogP contribution in [0.25, 0.3) is 0 Å². The first-order chi connectivity index (χ1) is 8.34. The molecule has 100 valence electrons. The van der Waals surface area contributed by atoms with Crippen molar-refractivity contribution in [1.82, 2.24) is 0 Å². The van der Waals surface area contributed by atoms with Gasteiger partial charge in [-0.3, -0.25) is 9.52 Å². The fourth-order valence-corrected chi connectivity index (χ4v) is 2.40. The molecular weight excluding hydrogens is 280 g/mol. The normalized spacial score (nSPS) is 11.0. The van der Waals surface area contributed by atoms with E-state index in [1.54, 1.807) is 0 Å². The fraction of sp³-hybridized carbons (Fsp3) is 0.300. The Hall–Kier alpha value is -1.47. The summed E-state index contributed by atoms with van der Waals surface area (Å²) in [5.41, 5.74) is 6.05. The van der Waals surface area contributed by atoms with Crippen molar-refractivity contribution in [1.29, 1.82) is 0 Å². The molecule has 0 aromatic heterocycles. The topological polar surface area (TPSA) is 98.5 Å². The number of carbonyl (C=O) groups excluding carboxylic acids is 1. The lowest BCUT2D eigenvalue weighted by molar-refractivity contribution is -0.140. The van der Waals surface area contributed by atoms with Gasteiger partial charge in [0, 0.05) is 5.02 Å². The van der Waals surface area contributed by atoms with E-state index in [-0.39, 0.29) is 23.5 Å². The minimum absolute atomic E-state index is 0.212. The van der Waals surface area contributed by atoms with Crippen LogP contribution in [0, 0.1) is 0 Å². The van der Waals surface area contributed by atoms with Crippen LogP contribution in [0.3, 0.4) is 0 Å². The summed E-state index contributed by atoms with van der Waals surface area (Å²) in [6.45, 7) is 0. The van der Waals surface area contributed by atoms with Crippen LogP contribution in [-0.4, -0.2) is 27.2 Å². The third-order valence-corrected chi connectivity index (χ3v) is 3.59. The first-order valence-corrected chi connectivity index (χ1v) is 6.99. The molecule has 0 fully saturated rings. The Morgan fingerprint density at radius 3 is 2.72 bits per heavy atom. The maximum Gasteiger partial charge on any atom is 0.306 e. The zero-order chi connectivity index (χ0) is 13.8. The monoisotopic (exact) mass is 292 g/mol. The summed E-state index contributed by atoms with van der Waals surface area (Å²) in [6.07, 6.45) is -0.223. The standard InChI is InChI=1S/C10H13ClN2O4S/c1-17-10(14)4-5-18(15,16)13-9-3-2-7(11)6-8(9)12/h2-3,6,13H,4-5,12H2,1H3. The number of anilines is 2. The number of hydrogen-bond acceptors (Lipinski definition) is 5. The first-order valence-electron chi connectivity index (χ1n) is 4.96. The lowest BCUT2D eigenvalue weighted by Crippen LogP contribution is -2.20. The third-order valence-electron chi connectivity index (χ3n) is 2.08. The van der Waals surface area contributed by atoms with Gasteiger partial charge in [-0.05, 0) is 18.2 Å². The number of rotatable bonds is 5. The molecule has 0 aliphatic heterocycles. The molecular formula is C10H13ClN2O4S. The largest absolute Gasteiger partial charge is 0.469 e. The number of nitrogens with two attached hydrogens (primary N) is 1. The number of methoxy groups -OCH3 is 1. The van der Waals surface area contributed by atoms with Crippen molar-refractivity contribution >= 4 is 39.0 Å². The molecule has 8 heteroatoms. The van der Waals surface area contributed by atoms with Gasteiger partial charge in [0.2, 0.25) is 10.0 Å². The van der Waals surface area contributed by atoms with E-state index in [4.69, 9.17) is 17.3 Å². The number of ether oxygens (including phenoxy) is 1. The fourth-order valence-electron chi connectivity index (χ4n) is 1.16. The van der Waals surface area contributed by atoms with Crippen molar-refractivity contribution in [3.63, 3.8) is 0 Å². The molecule has 0 unspecified atom stereocenters. The highest BCUT2D eigenvalue weighted by atomic mass is 35.5. The summed E-state index contributed by atoms with van der Waals surface area (Å²) < 4.78 is 29.9. The minimum Gasteiger partial charge on any atom is -0.469 e. The van der Waals surface area contributed by atoms with E-state index in [0.717, 1.165) is 0 Å². The Kier molecular flexibility index (Phi) is 4.80. The van der Waals surface area contributed by atoms with Crippen molar-refractivity contribution in [3.05, 3.63) is 23.2 Å². The van der Waals surface area contributed by atoms with Crippen molar-refractivity contribution in [2.24, 2.45) is 0 Å². The summed E-state index contributed by atoms with van der Waals surface area (Å²) in [7, 11) is -2.46. The average molecular weight is 293 g/mol. The van der Waals surface area contributed by atoms with Crippen molar-refractivity contribution in [2.75, 3.05) is 23.3 Å². The van der Waals surface area contributed by atoms with Gasteiger partial charge in [-0.25, -0.2) is 8.42 Å². The van der Waals surface area contributed by atoms with Gasteiger partial charge in [-0.2, -0.15) is 0 Å². The van der Waals surface area contributed by atoms with Crippen LogP contribution in [0.15, 0.2) is 18.2 Å². The number of benzene rings is 1. The molecule has 0 spiro atoms. The number of hydrogen-bond donors (Lipinski definition) is 2. The molecule has 6 nitrogen and oxygen atoms in total. The van der Waals surface area contributed by atoms with Gasteiger partial charge >= 0.3 is 5.97 Å². The lowest BCUT2D eigenvalue weighted by atomic mass is 10.3. The van der Waals surface area contributed by atoms with Gasteiger partial charge in [-0.15, -0.1) is 0 Å². The van der Waals surface area contributed by atoms with Crippen molar-refractivity contribution in [3.8, 4) is 0 Å². The van der Waals surface area contributed by atoms with E-state index in [2.05, 4.69) is 9.46 Å². The number of nitrogens with one attached hydrogen (secondary N) is 1. The number of nitrogen functional groups attached to an aromatic ring is 1. The van der Waals surface area contributed by atoms with Crippen LogP contribution in [0.4, 0.5) is 11.4 Å². The first kappa shape index (κ1) is 14.6. The molecule has 0 saturated carbocycles. The maximum atomic E-state index is 11.7. The van der Waals surface area contributed by atoms with Crippen LogP contribution in [-0.2, 0) is 19.6 Å². The highest BCUT2D eigenvalue weighted by Gasteiger charge is 2.15. The van der Waals surface area contributed by atoms with Crippen molar-refractivity contribution in [2.45, 2.75) is 6.42 Å². The summed E-state index contributed by atoms with van der Waals surface area (Å²) >= 11 is 5.69. The molecule has 3 N–H and O–H groups in total. The second-order valence-electron chi connectivity index (χ2n) is 3.48. The number of halogens is 1. The molecule has 1 aromatic rings. The lowest BCUT2D eigenvalue weighted by Gasteiger charge is -2.10. The van der Waals surface area contributed by atoms with E-state index in [9.17, 15) is 13.2 Å². The van der Waals surface area contributed by atoms with Crippen LogP contribution < -0.4 is 10.5 Å². The van der Waals surface area contributed by atoms with Crippen LogP contribution in [0.2, 0.25) is 5.02 Å². The van der Waals surface area contributed by atoms with E-state index >= 15 is 0 Å². The summed E-state index contributed by atoms with van der Waals surface area (Å²) in [5.74, 6) is -0.966. The Labute approximate surface area is 110 Å². The summed E-state index contributed by atoms with van der Waals surface area (Å²) in [4.78, 5) is 10.9. The predicted molar refractivity (Wildman–Crippen MR) is 69.9 cm³/mol. The van der Waals surface area contributed by atoms with Crippen LogP contribution in [0.5, 0.6) is 0 Å². The molecule has 0 heterocycles. The van der Waals surface area contributed by atoms with Crippen molar-refractivity contribution < 1.29 is 17.9 Å². The molecule has 0 radical (unpaired) electrons. The molecule has 0 saturated heterocycles. The summed E-state index contributed by atoms with van der Waals surface area (Å²) in [6, 6.07) is 4.39. The predicted octanol–water partition coefficient (Wildman–Crippen LogP) is 1.23. The van der Waals surface area contributed by atoms with Crippen LogP contribution >= 0.6 is 11.6 Å². The van der Waals surface area contributed by atoms with Gasteiger partial charge in [0.25, 0.3) is 0 Å². The van der Waals surface area contributed by atoms with E-state index < -0.39 is 16.0 Å². The molecule has 0 aliphatic carbocycles. The quantitative estimate of drug-likeness (QED) is 0.628. The molecule has 18 heavy (non-hydrogen) atoms. The summed E-state index contributed by atoms with van der Waals surface area (Å²) in [5, 5.41) is 0.407. The van der Waals surface area contributed by atoms with E-state index in [1.807, 2.05) is 0 Å². The second-order valence-corrected chi connectivity index (χ2v) is 5.76. The number of sulfonamides is 1. The molecule has 1 aromatic carbocycles. The highest BCUT2D eigenvalue weighted by molar-refractivity contribution is 7.92. The van der Waals surface area contributed by atoms with Gasteiger partial charge < -0.3 is 10.5 Å². The second kappa shape index (κ2) is 5.92. The highest BCUT2D eigenvalue weighted by Crippen LogP contribution is 2.23.